The van der Waals surface area contributed by atoms with Crippen LogP contribution in [-0.4, -0.2) is 12.5 Å². The number of carbonyl (C=O) groups excluding carboxylic acids is 1. The molecule has 0 aliphatic carbocycles. The molecule has 0 atom stereocenters. The zero-order chi connectivity index (χ0) is 15.1. The Hall–Kier alpha value is -2.32. The standard InChI is InChI=1S/C16H14BrN3O/c17-14-6-1-2-7-15(14)19-9-8-16(21)20-13-5-3-4-12(10-13)11-18/h1-7,10,19H,8-9H2,(H,20,21). The number of carbonyl (C=O) groups is 1. The van der Waals surface area contributed by atoms with Crippen LogP contribution < -0.4 is 10.6 Å². The van der Waals surface area contributed by atoms with Gasteiger partial charge in [0.15, 0.2) is 0 Å². The lowest BCUT2D eigenvalue weighted by molar-refractivity contribution is -0.115. The molecule has 0 aliphatic rings. The molecule has 106 valence electrons. The summed E-state index contributed by atoms with van der Waals surface area (Å²) < 4.78 is 0.965. The van der Waals surface area contributed by atoms with Crippen LogP contribution in [0.15, 0.2) is 53.0 Å². The van der Waals surface area contributed by atoms with Crippen LogP contribution in [0.5, 0.6) is 0 Å². The average Bonchev–Trinajstić information content (AvgIpc) is 2.49. The lowest BCUT2D eigenvalue weighted by Crippen LogP contribution is -2.16. The summed E-state index contributed by atoms with van der Waals surface area (Å²) in [6, 6.07) is 16.6. The summed E-state index contributed by atoms with van der Waals surface area (Å²) in [6.45, 7) is 0.534. The van der Waals surface area contributed by atoms with Crippen LogP contribution in [0, 0.1) is 11.3 Å². The van der Waals surface area contributed by atoms with Gasteiger partial charge in [-0.05, 0) is 46.3 Å². The minimum absolute atomic E-state index is 0.0929. The van der Waals surface area contributed by atoms with Gasteiger partial charge in [0.1, 0.15) is 0 Å². The maximum atomic E-state index is 11.8. The third kappa shape index (κ3) is 4.62. The lowest BCUT2D eigenvalue weighted by Gasteiger charge is -2.09. The fraction of sp³-hybridized carbons (Fsp3) is 0.125. The van der Waals surface area contributed by atoms with Gasteiger partial charge in [0.25, 0.3) is 0 Å². The second-order valence-corrected chi connectivity index (χ2v) is 5.25. The molecule has 0 bridgehead atoms. The van der Waals surface area contributed by atoms with E-state index < -0.39 is 0 Å². The Bertz CT molecular complexity index is 679. The highest BCUT2D eigenvalue weighted by molar-refractivity contribution is 9.10. The van der Waals surface area contributed by atoms with E-state index >= 15 is 0 Å². The first-order chi connectivity index (χ1) is 10.2. The number of para-hydroxylation sites is 1. The van der Waals surface area contributed by atoms with Crippen molar-refractivity contribution in [2.45, 2.75) is 6.42 Å². The van der Waals surface area contributed by atoms with E-state index in [0.29, 0.717) is 24.2 Å². The van der Waals surface area contributed by atoms with E-state index in [1.807, 2.05) is 30.3 Å². The van der Waals surface area contributed by atoms with Gasteiger partial charge in [-0.2, -0.15) is 5.26 Å². The monoisotopic (exact) mass is 343 g/mol. The van der Waals surface area contributed by atoms with Crippen molar-refractivity contribution in [2.24, 2.45) is 0 Å². The van der Waals surface area contributed by atoms with E-state index in [4.69, 9.17) is 5.26 Å². The Kier molecular flexibility index (Phi) is 5.35. The molecule has 0 unspecified atom stereocenters. The molecule has 0 aromatic heterocycles. The van der Waals surface area contributed by atoms with E-state index in [9.17, 15) is 4.79 Å². The van der Waals surface area contributed by atoms with Crippen LogP contribution in [0.1, 0.15) is 12.0 Å². The van der Waals surface area contributed by atoms with Crippen molar-refractivity contribution in [3.05, 3.63) is 58.6 Å². The van der Waals surface area contributed by atoms with Gasteiger partial charge in [-0.25, -0.2) is 0 Å². The Morgan fingerprint density at radius 1 is 1.19 bits per heavy atom. The average molecular weight is 344 g/mol. The van der Waals surface area contributed by atoms with Crippen LogP contribution >= 0.6 is 15.9 Å². The van der Waals surface area contributed by atoms with E-state index in [2.05, 4.69) is 26.6 Å². The molecule has 4 nitrogen and oxygen atoms in total. The van der Waals surface area contributed by atoms with Gasteiger partial charge < -0.3 is 10.6 Å². The second kappa shape index (κ2) is 7.46. The summed E-state index contributed by atoms with van der Waals surface area (Å²) in [6.07, 6.45) is 0.345. The van der Waals surface area contributed by atoms with Crippen molar-refractivity contribution in [2.75, 3.05) is 17.2 Å². The van der Waals surface area contributed by atoms with Crippen molar-refractivity contribution in [1.29, 1.82) is 5.26 Å². The molecule has 1 amide bonds. The number of anilines is 2. The molecule has 2 N–H and O–H groups in total. The van der Waals surface area contributed by atoms with Gasteiger partial charge in [0.2, 0.25) is 5.91 Å². The number of amides is 1. The predicted molar refractivity (Wildman–Crippen MR) is 87.0 cm³/mol. The molecule has 0 fully saturated rings. The van der Waals surface area contributed by atoms with Crippen LogP contribution in [0.4, 0.5) is 11.4 Å². The number of nitrogens with one attached hydrogen (secondary N) is 2. The van der Waals surface area contributed by atoms with Crippen molar-refractivity contribution in [3.8, 4) is 6.07 Å². The van der Waals surface area contributed by atoms with Crippen LogP contribution in [-0.2, 0) is 4.79 Å². The summed E-state index contributed by atoms with van der Waals surface area (Å²) >= 11 is 3.44. The number of nitriles is 1. The highest BCUT2D eigenvalue weighted by Gasteiger charge is 2.04. The zero-order valence-electron chi connectivity index (χ0n) is 11.3. The highest BCUT2D eigenvalue weighted by Crippen LogP contribution is 2.20. The normalized spacial score (nSPS) is 9.71. The number of nitrogens with zero attached hydrogens (tertiary/aromatic N) is 1. The maximum absolute atomic E-state index is 11.8. The molecule has 0 heterocycles. The van der Waals surface area contributed by atoms with Crippen LogP contribution in [0.2, 0.25) is 0 Å². The SMILES string of the molecule is N#Cc1cccc(NC(=O)CCNc2ccccc2Br)c1. The Labute approximate surface area is 131 Å². The molecular formula is C16H14BrN3O. The zero-order valence-corrected chi connectivity index (χ0v) is 12.9. The van der Waals surface area contributed by atoms with Crippen molar-refractivity contribution in [1.82, 2.24) is 0 Å². The van der Waals surface area contributed by atoms with Gasteiger partial charge in [0.05, 0.1) is 11.6 Å². The minimum atomic E-state index is -0.0929. The fourth-order valence-electron chi connectivity index (χ4n) is 1.81. The van der Waals surface area contributed by atoms with Gasteiger partial charge in [-0.15, -0.1) is 0 Å². The predicted octanol–water partition coefficient (Wildman–Crippen LogP) is 3.76. The first-order valence-electron chi connectivity index (χ1n) is 6.47. The number of halogens is 1. The van der Waals surface area contributed by atoms with Crippen molar-refractivity contribution < 1.29 is 4.79 Å². The summed E-state index contributed by atoms with van der Waals surface area (Å²) in [5.74, 6) is -0.0929. The second-order valence-electron chi connectivity index (χ2n) is 4.40. The summed E-state index contributed by atoms with van der Waals surface area (Å²) in [5, 5.41) is 14.8. The van der Waals surface area contributed by atoms with Gasteiger partial charge in [-0.1, -0.05) is 18.2 Å². The Balaban J connectivity index is 1.83. The van der Waals surface area contributed by atoms with Crippen molar-refractivity contribution in [3.63, 3.8) is 0 Å². The molecule has 0 spiro atoms. The molecular weight excluding hydrogens is 330 g/mol. The van der Waals surface area contributed by atoms with Crippen LogP contribution in [0.25, 0.3) is 0 Å². The molecule has 2 aromatic carbocycles. The minimum Gasteiger partial charge on any atom is -0.384 e. The molecule has 2 aromatic rings. The first-order valence-corrected chi connectivity index (χ1v) is 7.27. The van der Waals surface area contributed by atoms with E-state index in [0.717, 1.165) is 10.2 Å². The summed E-state index contributed by atoms with van der Waals surface area (Å²) in [7, 11) is 0. The molecule has 0 saturated carbocycles. The third-order valence-corrected chi connectivity index (χ3v) is 3.51. The first kappa shape index (κ1) is 15.1. The van der Waals surface area contributed by atoms with E-state index in [1.165, 1.54) is 0 Å². The van der Waals surface area contributed by atoms with E-state index in [1.54, 1.807) is 24.3 Å². The molecule has 0 aliphatic heterocycles. The van der Waals surface area contributed by atoms with Gasteiger partial charge >= 0.3 is 0 Å². The molecule has 21 heavy (non-hydrogen) atoms. The largest absolute Gasteiger partial charge is 0.384 e. The smallest absolute Gasteiger partial charge is 0.226 e. The number of hydrogen-bond donors (Lipinski definition) is 2. The van der Waals surface area contributed by atoms with E-state index in [-0.39, 0.29) is 5.91 Å². The third-order valence-electron chi connectivity index (χ3n) is 2.82. The summed E-state index contributed by atoms with van der Waals surface area (Å²) in [5.41, 5.74) is 2.12. The topological polar surface area (TPSA) is 64.9 Å². The Morgan fingerprint density at radius 2 is 2.00 bits per heavy atom. The highest BCUT2D eigenvalue weighted by atomic mass is 79.9. The summed E-state index contributed by atoms with van der Waals surface area (Å²) in [4.78, 5) is 11.8. The number of rotatable bonds is 5. The molecule has 5 heteroatoms. The number of hydrogen-bond acceptors (Lipinski definition) is 3. The van der Waals surface area contributed by atoms with Crippen LogP contribution in [0.3, 0.4) is 0 Å². The van der Waals surface area contributed by atoms with Gasteiger partial charge in [0, 0.05) is 28.8 Å². The van der Waals surface area contributed by atoms with Gasteiger partial charge in [-0.3, -0.25) is 4.79 Å². The Morgan fingerprint density at radius 3 is 2.76 bits per heavy atom. The molecule has 2 rings (SSSR count). The lowest BCUT2D eigenvalue weighted by atomic mass is 10.2. The molecule has 0 saturated heterocycles. The van der Waals surface area contributed by atoms with Crippen molar-refractivity contribution >= 4 is 33.2 Å². The number of benzene rings is 2. The molecule has 0 radical (unpaired) electrons. The maximum Gasteiger partial charge on any atom is 0.226 e. The fourth-order valence-corrected chi connectivity index (χ4v) is 2.23. The quantitative estimate of drug-likeness (QED) is 0.868.